The molecular weight excluding hydrogens is 344 g/mol. The lowest BCUT2D eigenvalue weighted by Crippen LogP contribution is -2.36. The molecule has 1 atom stereocenters. The molecule has 0 unspecified atom stereocenters. The summed E-state index contributed by atoms with van der Waals surface area (Å²) in [6, 6.07) is 10.9. The Kier molecular flexibility index (Phi) is 5.56. The summed E-state index contributed by atoms with van der Waals surface area (Å²) in [5, 5.41) is 12.7. The molecule has 3 aromatic rings. The predicted octanol–water partition coefficient (Wildman–Crippen LogP) is 3.11. The van der Waals surface area contributed by atoms with Crippen molar-refractivity contribution < 1.29 is 9.21 Å². The molecule has 0 spiro atoms. The fourth-order valence-electron chi connectivity index (χ4n) is 2.74. The van der Waals surface area contributed by atoms with Crippen molar-refractivity contribution in [2.45, 2.75) is 19.9 Å². The Morgan fingerprint density at radius 1 is 1.26 bits per heavy atom. The number of carbonyl (C=O) groups is 1. The predicted molar refractivity (Wildman–Crippen MR) is 103 cm³/mol. The van der Waals surface area contributed by atoms with Gasteiger partial charge in [0.05, 0.1) is 6.04 Å². The first kappa shape index (κ1) is 18.7. The summed E-state index contributed by atoms with van der Waals surface area (Å²) in [5.41, 5.74) is 1.50. The highest BCUT2D eigenvalue weighted by molar-refractivity contribution is 5.89. The van der Waals surface area contributed by atoms with Crippen LogP contribution >= 0.6 is 0 Å². The van der Waals surface area contributed by atoms with E-state index in [1.165, 1.54) is 0 Å². The number of furan rings is 1. The maximum atomic E-state index is 12.3. The van der Waals surface area contributed by atoms with Gasteiger partial charge in [0.1, 0.15) is 17.3 Å². The number of aryl methyl sites for hydroxylation is 2. The fourth-order valence-corrected chi connectivity index (χ4v) is 2.74. The zero-order chi connectivity index (χ0) is 19.4. The SMILES string of the molecule is Cc1nc(-c2cccc(NC(=O)NC[C@H](c3ccc(C)o3)N(C)C)c2)n[nH]1. The number of aromatic amines is 1. The van der Waals surface area contributed by atoms with Gasteiger partial charge in [0.25, 0.3) is 0 Å². The molecule has 3 N–H and O–H groups in total. The third-order valence-corrected chi connectivity index (χ3v) is 4.14. The second-order valence-electron chi connectivity index (χ2n) is 6.59. The standard InChI is InChI=1S/C19H24N6O2/c1-12-8-9-17(27-12)16(25(3)4)11-20-19(26)22-15-7-5-6-14(10-15)18-21-13(2)23-24-18/h5-10,16H,11H2,1-4H3,(H2,20,22,26)(H,21,23,24)/t16-/m1/s1. The third-order valence-electron chi connectivity index (χ3n) is 4.14. The Morgan fingerprint density at radius 3 is 2.70 bits per heavy atom. The normalized spacial score (nSPS) is 12.2. The summed E-state index contributed by atoms with van der Waals surface area (Å²) >= 11 is 0. The van der Waals surface area contributed by atoms with E-state index < -0.39 is 0 Å². The lowest BCUT2D eigenvalue weighted by Gasteiger charge is -2.22. The van der Waals surface area contributed by atoms with E-state index in [2.05, 4.69) is 25.8 Å². The number of likely N-dealkylation sites (N-methyl/N-ethyl adjacent to an activating group) is 1. The molecule has 142 valence electrons. The van der Waals surface area contributed by atoms with E-state index in [-0.39, 0.29) is 12.1 Å². The summed E-state index contributed by atoms with van der Waals surface area (Å²) in [6.45, 7) is 4.17. The van der Waals surface area contributed by atoms with Gasteiger partial charge in [-0.1, -0.05) is 12.1 Å². The molecule has 1 aromatic carbocycles. The van der Waals surface area contributed by atoms with E-state index in [0.29, 0.717) is 18.1 Å². The number of hydrogen-bond acceptors (Lipinski definition) is 5. The van der Waals surface area contributed by atoms with Crippen molar-refractivity contribution in [3.8, 4) is 11.4 Å². The van der Waals surface area contributed by atoms with Crippen LogP contribution in [0.15, 0.2) is 40.8 Å². The molecule has 0 saturated carbocycles. The molecule has 8 nitrogen and oxygen atoms in total. The highest BCUT2D eigenvalue weighted by Crippen LogP contribution is 2.21. The minimum Gasteiger partial charge on any atom is -0.465 e. The van der Waals surface area contributed by atoms with Gasteiger partial charge in [-0.05, 0) is 52.2 Å². The highest BCUT2D eigenvalue weighted by Gasteiger charge is 2.18. The Morgan fingerprint density at radius 2 is 2.07 bits per heavy atom. The molecule has 0 bridgehead atoms. The van der Waals surface area contributed by atoms with Crippen LogP contribution in [0.2, 0.25) is 0 Å². The zero-order valence-electron chi connectivity index (χ0n) is 15.9. The average molecular weight is 368 g/mol. The van der Waals surface area contributed by atoms with Gasteiger partial charge in [-0.25, -0.2) is 9.78 Å². The number of H-pyrrole nitrogens is 1. The quantitative estimate of drug-likeness (QED) is 0.621. The molecule has 2 amide bonds. The van der Waals surface area contributed by atoms with Crippen LogP contribution in [0, 0.1) is 13.8 Å². The second-order valence-corrected chi connectivity index (χ2v) is 6.59. The molecule has 2 aromatic heterocycles. The Hall–Kier alpha value is -3.13. The molecule has 0 fully saturated rings. The topological polar surface area (TPSA) is 99.1 Å². The second kappa shape index (κ2) is 8.05. The number of urea groups is 1. The third kappa shape index (κ3) is 4.73. The van der Waals surface area contributed by atoms with E-state index in [1.54, 1.807) is 0 Å². The van der Waals surface area contributed by atoms with Crippen molar-refractivity contribution in [2.75, 3.05) is 26.0 Å². The van der Waals surface area contributed by atoms with Crippen molar-refractivity contribution in [2.24, 2.45) is 0 Å². The molecule has 0 saturated heterocycles. The minimum absolute atomic E-state index is 0.0491. The number of aromatic nitrogens is 3. The van der Waals surface area contributed by atoms with E-state index in [0.717, 1.165) is 22.9 Å². The van der Waals surface area contributed by atoms with Crippen LogP contribution in [0.5, 0.6) is 0 Å². The van der Waals surface area contributed by atoms with Crippen LogP contribution in [-0.2, 0) is 0 Å². The van der Waals surface area contributed by atoms with Crippen molar-refractivity contribution in [3.05, 3.63) is 53.7 Å². The van der Waals surface area contributed by atoms with Crippen LogP contribution < -0.4 is 10.6 Å². The van der Waals surface area contributed by atoms with E-state index in [4.69, 9.17) is 4.42 Å². The van der Waals surface area contributed by atoms with Gasteiger partial charge >= 0.3 is 6.03 Å². The average Bonchev–Trinajstić information content (AvgIpc) is 3.24. The van der Waals surface area contributed by atoms with Gasteiger partial charge in [0, 0.05) is 17.8 Å². The van der Waals surface area contributed by atoms with Gasteiger partial charge in [-0.15, -0.1) is 0 Å². The Labute approximate surface area is 158 Å². The molecule has 3 rings (SSSR count). The monoisotopic (exact) mass is 368 g/mol. The molecule has 0 aliphatic rings. The molecule has 8 heteroatoms. The molecule has 2 heterocycles. The first-order chi connectivity index (χ1) is 12.9. The number of amides is 2. The van der Waals surface area contributed by atoms with Gasteiger partial charge < -0.3 is 15.1 Å². The summed E-state index contributed by atoms with van der Waals surface area (Å²) in [5.74, 6) is 3.00. The number of carbonyl (C=O) groups excluding carboxylic acids is 1. The van der Waals surface area contributed by atoms with Crippen molar-refractivity contribution in [1.82, 2.24) is 25.4 Å². The first-order valence-electron chi connectivity index (χ1n) is 8.69. The molecule has 27 heavy (non-hydrogen) atoms. The van der Waals surface area contributed by atoms with Crippen LogP contribution in [0.3, 0.4) is 0 Å². The number of nitrogens with zero attached hydrogens (tertiary/aromatic N) is 3. The smallest absolute Gasteiger partial charge is 0.319 e. The largest absolute Gasteiger partial charge is 0.465 e. The number of benzene rings is 1. The molecular formula is C19H24N6O2. The highest BCUT2D eigenvalue weighted by atomic mass is 16.3. The summed E-state index contributed by atoms with van der Waals surface area (Å²) in [7, 11) is 3.90. The van der Waals surface area contributed by atoms with Crippen LogP contribution in [0.1, 0.15) is 23.4 Å². The molecule has 0 radical (unpaired) electrons. The van der Waals surface area contributed by atoms with E-state index in [9.17, 15) is 4.79 Å². The van der Waals surface area contributed by atoms with Crippen LogP contribution in [-0.4, -0.2) is 46.8 Å². The van der Waals surface area contributed by atoms with Gasteiger partial charge in [0.15, 0.2) is 5.82 Å². The van der Waals surface area contributed by atoms with Gasteiger partial charge in [0.2, 0.25) is 0 Å². The Bertz CT molecular complexity index is 914. The van der Waals surface area contributed by atoms with Crippen molar-refractivity contribution >= 4 is 11.7 Å². The van der Waals surface area contributed by atoms with Gasteiger partial charge in [-0.3, -0.25) is 10.00 Å². The number of nitrogens with one attached hydrogen (secondary N) is 3. The van der Waals surface area contributed by atoms with Crippen molar-refractivity contribution in [3.63, 3.8) is 0 Å². The fraction of sp³-hybridized carbons (Fsp3) is 0.316. The van der Waals surface area contributed by atoms with Crippen LogP contribution in [0.4, 0.5) is 10.5 Å². The summed E-state index contributed by atoms with van der Waals surface area (Å²) in [6.07, 6.45) is 0. The lowest BCUT2D eigenvalue weighted by molar-refractivity contribution is 0.232. The zero-order valence-corrected chi connectivity index (χ0v) is 15.9. The summed E-state index contributed by atoms with van der Waals surface area (Å²) in [4.78, 5) is 18.6. The van der Waals surface area contributed by atoms with Gasteiger partial charge in [-0.2, -0.15) is 5.10 Å². The molecule has 0 aliphatic carbocycles. The van der Waals surface area contributed by atoms with E-state index >= 15 is 0 Å². The van der Waals surface area contributed by atoms with Crippen molar-refractivity contribution in [1.29, 1.82) is 0 Å². The van der Waals surface area contributed by atoms with E-state index in [1.807, 2.05) is 69.2 Å². The summed E-state index contributed by atoms with van der Waals surface area (Å²) < 4.78 is 5.69. The number of rotatable bonds is 6. The minimum atomic E-state index is -0.284. The first-order valence-corrected chi connectivity index (χ1v) is 8.69. The molecule has 0 aliphatic heterocycles. The maximum absolute atomic E-state index is 12.3. The maximum Gasteiger partial charge on any atom is 0.319 e. The number of hydrogen-bond donors (Lipinski definition) is 3. The Balaban J connectivity index is 1.62. The lowest BCUT2D eigenvalue weighted by atomic mass is 10.2. The van der Waals surface area contributed by atoms with Crippen LogP contribution in [0.25, 0.3) is 11.4 Å². The number of anilines is 1.